The number of carbonyl (C=O) groups is 1. The zero-order valence-electron chi connectivity index (χ0n) is 29.2. The molecule has 0 spiro atoms. The highest BCUT2D eigenvalue weighted by atomic mass is 16.7. The number of unbranched alkanes of at least 4 members (excludes halogenated alkanes) is 20. The Kier molecular flexibility index (Phi) is 26.3. The maximum absolute atomic E-state index is 12.6. The smallest absolute Gasteiger partial charge is 0.220 e. The molecule has 7 N–H and O–H groups in total. The van der Waals surface area contributed by atoms with Gasteiger partial charge in [0, 0.05) is 6.42 Å². The van der Waals surface area contributed by atoms with E-state index in [2.05, 4.69) is 12.2 Å². The van der Waals surface area contributed by atoms with Gasteiger partial charge in [-0.15, -0.1) is 0 Å². The molecule has 46 heavy (non-hydrogen) atoms. The molecule has 10 nitrogen and oxygen atoms in total. The number of amides is 1. The summed E-state index contributed by atoms with van der Waals surface area (Å²) in [5.74, 6) is -0.275. The van der Waals surface area contributed by atoms with Gasteiger partial charge in [-0.3, -0.25) is 4.79 Å². The van der Waals surface area contributed by atoms with Gasteiger partial charge in [0.25, 0.3) is 0 Å². The first-order chi connectivity index (χ1) is 22.3. The predicted octanol–water partition coefficient (Wildman–Crippen LogP) is 5.02. The molecule has 274 valence electrons. The zero-order chi connectivity index (χ0) is 34.0. The number of nitrogens with one attached hydrogen (secondary N) is 1. The lowest BCUT2D eigenvalue weighted by Gasteiger charge is -2.40. The van der Waals surface area contributed by atoms with Crippen LogP contribution in [0.5, 0.6) is 0 Å². The fourth-order valence-electron chi connectivity index (χ4n) is 6.14. The van der Waals surface area contributed by atoms with Crippen LogP contribution in [-0.2, 0) is 14.3 Å². The number of carbonyl (C=O) groups excluding carboxylic acids is 1. The molecule has 8 atom stereocenters. The van der Waals surface area contributed by atoms with E-state index in [4.69, 9.17) is 9.47 Å². The largest absolute Gasteiger partial charge is 0.394 e. The van der Waals surface area contributed by atoms with Crippen LogP contribution in [0, 0.1) is 0 Å². The molecular weight excluding hydrogens is 590 g/mol. The molecule has 1 fully saturated rings. The fourth-order valence-corrected chi connectivity index (χ4v) is 6.14. The molecule has 1 rings (SSSR count). The van der Waals surface area contributed by atoms with E-state index >= 15 is 0 Å². The Morgan fingerprint density at radius 1 is 0.674 bits per heavy atom. The zero-order valence-corrected chi connectivity index (χ0v) is 29.2. The molecule has 1 saturated heterocycles. The summed E-state index contributed by atoms with van der Waals surface area (Å²) in [7, 11) is 0. The minimum absolute atomic E-state index is 0.257. The number of aliphatic hydroxyl groups excluding tert-OH is 6. The van der Waals surface area contributed by atoms with Crippen LogP contribution in [0.1, 0.15) is 162 Å². The molecule has 0 saturated carbocycles. The maximum atomic E-state index is 12.6. The van der Waals surface area contributed by atoms with E-state index in [0.29, 0.717) is 0 Å². The molecule has 1 aliphatic heterocycles. The molecule has 0 aromatic rings. The Hall–Kier alpha value is -0.850. The van der Waals surface area contributed by atoms with Crippen LogP contribution in [0.4, 0.5) is 0 Å². The lowest BCUT2D eigenvalue weighted by atomic mass is 9.99. The second-order valence-corrected chi connectivity index (χ2v) is 13.5. The minimum atomic E-state index is -1.60. The van der Waals surface area contributed by atoms with E-state index in [1.807, 2.05) is 0 Å². The highest BCUT2D eigenvalue weighted by Crippen LogP contribution is 2.23. The average Bonchev–Trinajstić information content (AvgIpc) is 3.06. The first-order valence-electron chi connectivity index (χ1n) is 18.8. The summed E-state index contributed by atoms with van der Waals surface area (Å²) >= 11 is 0. The van der Waals surface area contributed by atoms with E-state index < -0.39 is 55.6 Å². The van der Waals surface area contributed by atoms with Crippen molar-refractivity contribution in [3.63, 3.8) is 0 Å². The summed E-state index contributed by atoms with van der Waals surface area (Å²) in [5.41, 5.74) is 0. The Labute approximate surface area is 279 Å². The van der Waals surface area contributed by atoms with Crippen LogP contribution in [0.3, 0.4) is 0 Å². The monoisotopic (exact) mass is 662 g/mol. The number of hydrogen-bond donors (Lipinski definition) is 7. The van der Waals surface area contributed by atoms with Crippen LogP contribution in [0.15, 0.2) is 0 Å². The molecule has 10 heteroatoms. The molecule has 0 aromatic heterocycles. The van der Waals surface area contributed by atoms with Gasteiger partial charge in [-0.05, 0) is 12.8 Å². The number of ether oxygens (including phenoxy) is 2. The summed E-state index contributed by atoms with van der Waals surface area (Å²) in [6.07, 6.45) is 18.1. The topological polar surface area (TPSA) is 169 Å². The molecule has 0 aliphatic carbocycles. The number of aliphatic hydroxyl groups is 6. The average molecular weight is 662 g/mol. The summed E-state index contributed by atoms with van der Waals surface area (Å²) in [6, 6.07) is -0.982. The molecule has 1 heterocycles. The van der Waals surface area contributed by atoms with E-state index in [1.165, 1.54) is 109 Å². The van der Waals surface area contributed by atoms with E-state index in [9.17, 15) is 35.4 Å². The molecule has 0 radical (unpaired) electrons. The van der Waals surface area contributed by atoms with Crippen molar-refractivity contribution in [2.45, 2.75) is 210 Å². The van der Waals surface area contributed by atoms with E-state index in [-0.39, 0.29) is 25.4 Å². The van der Waals surface area contributed by atoms with Crippen LogP contribution in [-0.4, -0.2) is 98.7 Å². The lowest BCUT2D eigenvalue weighted by molar-refractivity contribution is -0.303. The number of hydrogen-bond acceptors (Lipinski definition) is 9. The fraction of sp³-hybridized carbons (Fsp3) is 0.972. The maximum Gasteiger partial charge on any atom is 0.220 e. The van der Waals surface area contributed by atoms with Gasteiger partial charge in [0.05, 0.1) is 25.4 Å². The first kappa shape index (κ1) is 43.2. The molecule has 1 amide bonds. The Morgan fingerprint density at radius 2 is 1.11 bits per heavy atom. The summed E-state index contributed by atoms with van der Waals surface area (Å²) in [5, 5.41) is 63.0. The van der Waals surface area contributed by atoms with Crippen LogP contribution < -0.4 is 5.32 Å². The second-order valence-electron chi connectivity index (χ2n) is 13.5. The SMILES string of the molecule is CCCCCCCCCCCCCCCCCCCCCCCC(=O)N[C@@H](CO[C@H]1O[C@H](CO)[C@H](O)[C@H](O)[C@H]1O)[C@H](O)[C@H](O)CC. The lowest BCUT2D eigenvalue weighted by Crippen LogP contribution is -2.60. The van der Waals surface area contributed by atoms with Gasteiger partial charge in [0.15, 0.2) is 6.29 Å². The van der Waals surface area contributed by atoms with Crippen molar-refractivity contribution in [2.24, 2.45) is 0 Å². The third-order valence-electron chi connectivity index (χ3n) is 9.37. The Balaban J connectivity index is 2.11. The van der Waals surface area contributed by atoms with Crippen LogP contribution in [0.2, 0.25) is 0 Å². The van der Waals surface area contributed by atoms with Crippen molar-refractivity contribution in [1.82, 2.24) is 5.32 Å². The minimum Gasteiger partial charge on any atom is -0.394 e. The quantitative estimate of drug-likeness (QED) is 0.0523. The van der Waals surface area contributed by atoms with Crippen molar-refractivity contribution >= 4 is 5.91 Å². The van der Waals surface area contributed by atoms with Crippen molar-refractivity contribution < 1.29 is 44.9 Å². The van der Waals surface area contributed by atoms with Crippen molar-refractivity contribution in [3.8, 4) is 0 Å². The summed E-state index contributed by atoms with van der Waals surface area (Å²) in [6.45, 7) is 3.06. The van der Waals surface area contributed by atoms with Gasteiger partial charge in [-0.25, -0.2) is 0 Å². The first-order valence-corrected chi connectivity index (χ1v) is 18.8. The van der Waals surface area contributed by atoms with Gasteiger partial charge in [-0.1, -0.05) is 142 Å². The van der Waals surface area contributed by atoms with Crippen molar-refractivity contribution in [2.75, 3.05) is 13.2 Å². The highest BCUT2D eigenvalue weighted by molar-refractivity contribution is 5.76. The Morgan fingerprint density at radius 3 is 1.52 bits per heavy atom. The predicted molar refractivity (Wildman–Crippen MR) is 181 cm³/mol. The summed E-state index contributed by atoms with van der Waals surface area (Å²) in [4.78, 5) is 12.6. The third-order valence-corrected chi connectivity index (χ3v) is 9.37. The van der Waals surface area contributed by atoms with Crippen LogP contribution in [0.25, 0.3) is 0 Å². The summed E-state index contributed by atoms with van der Waals surface area (Å²) < 4.78 is 10.9. The van der Waals surface area contributed by atoms with Gasteiger partial charge >= 0.3 is 0 Å². The van der Waals surface area contributed by atoms with Gasteiger partial charge < -0.3 is 45.4 Å². The van der Waals surface area contributed by atoms with E-state index in [0.717, 1.165) is 25.7 Å². The van der Waals surface area contributed by atoms with Crippen LogP contribution >= 0.6 is 0 Å². The highest BCUT2D eigenvalue weighted by Gasteiger charge is 2.44. The normalized spacial score (nSPS) is 23.7. The van der Waals surface area contributed by atoms with Gasteiger partial charge in [0.2, 0.25) is 5.91 Å². The molecule has 0 aromatic carbocycles. The standard InChI is InChI=1S/C36H71NO9/c1-3-5-6-7-8-9-10-11-12-13-14-15-16-17-18-19-20-21-22-23-24-25-31(40)37-28(32(41)29(39)4-2)27-45-36-35(44)34(43)33(42)30(26-38)46-36/h28-30,32-36,38-39,41-44H,3-27H2,1-2H3,(H,37,40)/t28-,29+,30+,32-,33-,34-,35+,36-/m0/s1. The molecule has 1 aliphatic rings. The van der Waals surface area contributed by atoms with Crippen molar-refractivity contribution in [1.29, 1.82) is 0 Å². The molecule has 0 unspecified atom stereocenters. The third kappa shape index (κ3) is 19.2. The van der Waals surface area contributed by atoms with Crippen molar-refractivity contribution in [3.05, 3.63) is 0 Å². The molecule has 0 bridgehead atoms. The molecular formula is C36H71NO9. The van der Waals surface area contributed by atoms with Gasteiger partial charge in [0.1, 0.15) is 30.5 Å². The second kappa shape index (κ2) is 28.0. The number of rotatable bonds is 30. The Bertz CT molecular complexity index is 713. The van der Waals surface area contributed by atoms with E-state index in [1.54, 1.807) is 6.92 Å². The van der Waals surface area contributed by atoms with Gasteiger partial charge in [-0.2, -0.15) is 0 Å².